The molecule has 0 radical (unpaired) electrons. The van der Waals surface area contributed by atoms with Gasteiger partial charge in [-0.25, -0.2) is 0 Å². The fourth-order valence-electron chi connectivity index (χ4n) is 3.27. The maximum absolute atomic E-state index is 11.2. The third-order valence-corrected chi connectivity index (χ3v) is 13.7. The van der Waals surface area contributed by atoms with Crippen LogP contribution >= 0.6 is 21.3 Å². The minimum Gasteiger partial charge on any atom is -0.445 e. The smallest absolute Gasteiger partial charge is 0.358 e. The molecular weight excluding hydrogens is 567 g/mol. The van der Waals surface area contributed by atoms with Crippen molar-refractivity contribution in [2.24, 2.45) is 5.10 Å². The van der Waals surface area contributed by atoms with Gasteiger partial charge in [0, 0.05) is 33.7 Å². The zero-order valence-electron chi connectivity index (χ0n) is 22.0. The molecule has 2 aromatic rings. The van der Waals surface area contributed by atoms with Crippen molar-refractivity contribution in [2.45, 2.75) is 57.4 Å². The van der Waals surface area contributed by atoms with Crippen LogP contribution in [0.3, 0.4) is 0 Å². The molecule has 0 saturated carbocycles. The van der Waals surface area contributed by atoms with Crippen molar-refractivity contribution in [3.05, 3.63) is 59.7 Å². The third kappa shape index (κ3) is 9.42. The Morgan fingerprint density at radius 3 is 1.95 bits per heavy atom. The zero-order valence-corrected chi connectivity index (χ0v) is 26.3. The van der Waals surface area contributed by atoms with Crippen LogP contribution in [0.5, 0.6) is 11.5 Å². The molecule has 2 aromatic carbocycles. The molecule has 2 rings (SSSR count). The van der Waals surface area contributed by atoms with E-state index >= 15 is 0 Å². The van der Waals surface area contributed by atoms with Crippen LogP contribution in [0.2, 0.25) is 0 Å². The summed E-state index contributed by atoms with van der Waals surface area (Å²) >= 11 is 11.4. The van der Waals surface area contributed by atoms with E-state index in [0.717, 1.165) is 17.7 Å². The van der Waals surface area contributed by atoms with Crippen LogP contribution in [-0.2, 0) is 34.3 Å². The first kappa shape index (κ1) is 31.9. The highest BCUT2D eigenvalue weighted by molar-refractivity contribution is 8.05. The second-order valence-corrected chi connectivity index (χ2v) is 16.7. The number of hydrogen-bond acceptors (Lipinski definition) is 6. The normalized spacial score (nSPS) is 16.0. The monoisotopic (exact) mass is 603 g/mol. The van der Waals surface area contributed by atoms with Gasteiger partial charge in [-0.15, -0.1) is 15.0 Å². The Labute approximate surface area is 232 Å². The van der Waals surface area contributed by atoms with Gasteiger partial charge in [-0.3, -0.25) is 4.57 Å². The Kier molecular flexibility index (Phi) is 11.7. The fraction of sp³-hybridized carbons (Fsp3) is 0.458. The standard InChI is InChI=1S/C24H34N3O5P3S2/c1-7-23(3,33(36)25-5)31-21-13-9-19(10-14-21)17-26-27(6)34(37)24(4,8-2)32-22-15-11-20(12-16-22)18-35(28,29)30/h9-17H,7-8,18H2,1-6H3,(H-2,25,28,29,30,36)/p+2/b26-17+. The zero-order chi connectivity index (χ0) is 27.9. The molecule has 37 heavy (non-hydrogen) atoms. The van der Waals surface area contributed by atoms with Crippen molar-refractivity contribution >= 4 is 51.1 Å². The van der Waals surface area contributed by atoms with E-state index in [-0.39, 0.29) is 6.16 Å². The molecule has 0 amide bonds. The summed E-state index contributed by atoms with van der Waals surface area (Å²) in [5.74, 6) is 1.34. The van der Waals surface area contributed by atoms with Crippen molar-refractivity contribution in [3.8, 4) is 11.5 Å². The van der Waals surface area contributed by atoms with Crippen molar-refractivity contribution in [3.63, 3.8) is 0 Å². The minimum atomic E-state index is -4.12. The molecule has 0 fully saturated rings. The first-order valence-electron chi connectivity index (χ1n) is 11.8. The van der Waals surface area contributed by atoms with Crippen LogP contribution in [0, 0.1) is 0 Å². The summed E-state index contributed by atoms with van der Waals surface area (Å²) in [5.41, 5.74) is 1.45. The average Bonchev–Trinajstić information content (AvgIpc) is 2.87. The highest BCUT2D eigenvalue weighted by Crippen LogP contribution is 2.46. The lowest BCUT2D eigenvalue weighted by molar-refractivity contribution is 0.171. The molecule has 13 heteroatoms. The van der Waals surface area contributed by atoms with E-state index in [0.29, 0.717) is 17.7 Å². The molecule has 0 spiro atoms. The highest BCUT2D eigenvalue weighted by atomic mass is 32.4. The van der Waals surface area contributed by atoms with Crippen molar-refractivity contribution in [1.29, 1.82) is 0 Å². The number of ether oxygens (including phenoxy) is 2. The summed E-state index contributed by atoms with van der Waals surface area (Å²) in [5, 5.41) is 6.62. The number of nitrogens with one attached hydrogen (secondary N) is 1. The maximum Gasteiger partial charge on any atom is 0.358 e. The van der Waals surface area contributed by atoms with Crippen LogP contribution in [0.1, 0.15) is 51.7 Å². The predicted molar refractivity (Wildman–Crippen MR) is 160 cm³/mol. The summed E-state index contributed by atoms with van der Waals surface area (Å²) in [6.45, 7) is 5.93. The van der Waals surface area contributed by atoms with Crippen LogP contribution in [-0.4, -0.2) is 45.6 Å². The van der Waals surface area contributed by atoms with Crippen molar-refractivity contribution < 1.29 is 23.8 Å². The number of hydrazone groups is 1. The van der Waals surface area contributed by atoms with Gasteiger partial charge in [-0.05, 0) is 47.5 Å². The number of benzene rings is 2. The summed E-state index contributed by atoms with van der Waals surface area (Å²) in [4.78, 5) is 18.3. The van der Waals surface area contributed by atoms with E-state index in [1.54, 1.807) is 35.3 Å². The number of hydrogen-bond donors (Lipinski definition) is 3. The number of rotatable bonds is 14. The molecular formula is C24H36N3O5P3S2+2. The molecule has 0 aliphatic heterocycles. The molecule has 8 nitrogen and oxygen atoms in total. The van der Waals surface area contributed by atoms with E-state index in [9.17, 15) is 4.57 Å². The summed E-state index contributed by atoms with van der Waals surface area (Å²) in [7, 11) is -0.423. The molecule has 0 heterocycles. The molecule has 0 bridgehead atoms. The molecule has 0 aliphatic carbocycles. The van der Waals surface area contributed by atoms with Gasteiger partial charge >= 0.3 is 21.3 Å². The molecule has 0 aliphatic rings. The van der Waals surface area contributed by atoms with E-state index in [2.05, 4.69) is 17.1 Å². The van der Waals surface area contributed by atoms with Crippen LogP contribution in [0.4, 0.5) is 0 Å². The highest BCUT2D eigenvalue weighted by Gasteiger charge is 2.45. The molecule has 0 aromatic heterocycles. The second kappa shape index (κ2) is 13.6. The Morgan fingerprint density at radius 2 is 1.49 bits per heavy atom. The van der Waals surface area contributed by atoms with Gasteiger partial charge in [0.15, 0.2) is 23.6 Å². The Hall–Kier alpha value is -1.34. The summed E-state index contributed by atoms with van der Waals surface area (Å²) in [6.07, 6.45) is 2.91. The fourth-order valence-corrected chi connectivity index (χ4v) is 7.25. The van der Waals surface area contributed by atoms with Gasteiger partial charge in [-0.2, -0.15) is 0 Å². The van der Waals surface area contributed by atoms with Gasteiger partial charge in [-0.1, -0.05) is 26.0 Å². The van der Waals surface area contributed by atoms with Crippen LogP contribution < -0.4 is 14.6 Å². The largest absolute Gasteiger partial charge is 0.445 e. The van der Waals surface area contributed by atoms with Crippen LogP contribution in [0.15, 0.2) is 53.6 Å². The van der Waals surface area contributed by atoms with Gasteiger partial charge in [0.25, 0.3) is 10.7 Å². The summed E-state index contributed by atoms with van der Waals surface area (Å²) < 4.78 is 25.5. The van der Waals surface area contributed by atoms with E-state index in [4.69, 9.17) is 42.9 Å². The second-order valence-electron chi connectivity index (χ2n) is 8.82. The topological polar surface area (TPSA) is 104 Å². The van der Waals surface area contributed by atoms with E-state index in [1.165, 1.54) is 0 Å². The lowest BCUT2D eigenvalue weighted by Gasteiger charge is -2.23. The SMILES string of the molecule is CCC(C)(Oc1ccc(/C=N/N(C)[P+](=S)C(C)(CC)Oc2ccc(CP(=O)(O)O)cc2)cc1)[P+](=S)NC. The first-order valence-corrected chi connectivity index (χ1v) is 18.2. The molecule has 4 atom stereocenters. The predicted octanol–water partition coefficient (Wildman–Crippen LogP) is 6.28. The first-order chi connectivity index (χ1) is 17.2. The third-order valence-electron chi connectivity index (χ3n) is 5.85. The number of nitrogens with zero attached hydrogens (tertiary/aromatic N) is 2. The quantitative estimate of drug-likeness (QED) is 0.131. The molecule has 202 valence electrons. The van der Waals surface area contributed by atoms with Gasteiger partial charge in [0.2, 0.25) is 0 Å². The van der Waals surface area contributed by atoms with Gasteiger partial charge in [0.1, 0.15) is 11.5 Å². The Morgan fingerprint density at radius 1 is 1.00 bits per heavy atom. The van der Waals surface area contributed by atoms with Gasteiger partial charge in [0.05, 0.1) is 19.4 Å². The Bertz CT molecular complexity index is 1160. The lowest BCUT2D eigenvalue weighted by atomic mass is 10.2. The average molecular weight is 604 g/mol. The minimum absolute atomic E-state index is 0.306. The Balaban J connectivity index is 2.07. The van der Waals surface area contributed by atoms with E-state index < -0.39 is 32.0 Å². The summed E-state index contributed by atoms with van der Waals surface area (Å²) in [6, 6.07) is 14.4. The molecule has 4 unspecified atom stereocenters. The van der Waals surface area contributed by atoms with Gasteiger partial charge < -0.3 is 19.3 Å². The van der Waals surface area contributed by atoms with E-state index in [1.807, 2.05) is 59.1 Å². The lowest BCUT2D eigenvalue weighted by Crippen LogP contribution is -2.30. The van der Waals surface area contributed by atoms with Crippen molar-refractivity contribution in [2.75, 3.05) is 14.1 Å². The van der Waals surface area contributed by atoms with Crippen molar-refractivity contribution in [1.82, 2.24) is 9.87 Å². The molecule has 3 N–H and O–H groups in total. The van der Waals surface area contributed by atoms with Crippen LogP contribution in [0.25, 0.3) is 0 Å². The maximum atomic E-state index is 11.2. The molecule has 0 saturated heterocycles.